The molecule has 0 atom stereocenters. The zero-order chi connectivity index (χ0) is 14.5. The van der Waals surface area contributed by atoms with E-state index < -0.39 is 5.97 Å². The number of benzene rings is 1. The summed E-state index contributed by atoms with van der Waals surface area (Å²) in [5.41, 5.74) is 7.09. The smallest absolute Gasteiger partial charge is 0.338 e. The highest BCUT2D eigenvalue weighted by atomic mass is 16.5. The number of hydrogen-bond donors (Lipinski definition) is 1. The van der Waals surface area contributed by atoms with Crippen molar-refractivity contribution in [1.82, 2.24) is 15.0 Å². The molecular formula is C13H16N4O3. The van der Waals surface area contributed by atoms with Gasteiger partial charge in [0.05, 0.1) is 18.4 Å². The third kappa shape index (κ3) is 3.47. The van der Waals surface area contributed by atoms with Gasteiger partial charge in [0.25, 0.3) is 0 Å². The quantitative estimate of drug-likeness (QED) is 0.650. The van der Waals surface area contributed by atoms with Crippen LogP contribution in [0.1, 0.15) is 23.0 Å². The summed E-state index contributed by atoms with van der Waals surface area (Å²) in [6.45, 7) is 2.41. The summed E-state index contributed by atoms with van der Waals surface area (Å²) < 4.78 is 12.0. The normalized spacial score (nSPS) is 10.3. The largest absolute Gasteiger partial charge is 0.494 e. The second-order valence-corrected chi connectivity index (χ2v) is 4.18. The molecular weight excluding hydrogens is 260 g/mol. The van der Waals surface area contributed by atoms with Crippen molar-refractivity contribution in [1.29, 1.82) is 0 Å². The molecule has 0 saturated heterocycles. The van der Waals surface area contributed by atoms with Crippen LogP contribution in [0, 0.1) is 0 Å². The van der Waals surface area contributed by atoms with E-state index in [-0.39, 0.29) is 6.61 Å². The lowest BCUT2D eigenvalue weighted by Gasteiger charge is -2.07. The standard InChI is InChI=1S/C13H16N4O3/c1-3-19-12-5-9(4-10(14)6-12)13(18)20-8-11-7-17(2)16-15-11/h4-7H,3,8,14H2,1-2H3. The van der Waals surface area contributed by atoms with Crippen LogP contribution in [0.2, 0.25) is 0 Å². The van der Waals surface area contributed by atoms with Crippen LogP contribution in [-0.2, 0) is 18.4 Å². The van der Waals surface area contributed by atoms with Crippen molar-refractivity contribution in [2.45, 2.75) is 13.5 Å². The molecule has 7 heteroatoms. The molecule has 0 aliphatic heterocycles. The molecule has 0 saturated carbocycles. The number of hydrogen-bond acceptors (Lipinski definition) is 6. The molecule has 0 aliphatic rings. The minimum absolute atomic E-state index is 0.0610. The summed E-state index contributed by atoms with van der Waals surface area (Å²) in [5, 5.41) is 7.59. The summed E-state index contributed by atoms with van der Waals surface area (Å²) in [5.74, 6) is 0.0582. The van der Waals surface area contributed by atoms with E-state index in [9.17, 15) is 4.79 Å². The fourth-order valence-electron chi connectivity index (χ4n) is 1.67. The number of aromatic nitrogens is 3. The van der Waals surface area contributed by atoms with Gasteiger partial charge in [-0.3, -0.25) is 4.68 Å². The molecule has 1 aromatic carbocycles. The average Bonchev–Trinajstić information content (AvgIpc) is 2.81. The van der Waals surface area contributed by atoms with Crippen LogP contribution in [0.25, 0.3) is 0 Å². The van der Waals surface area contributed by atoms with Crippen molar-refractivity contribution in [3.63, 3.8) is 0 Å². The summed E-state index contributed by atoms with van der Waals surface area (Å²) in [7, 11) is 1.74. The number of carbonyl (C=O) groups excluding carboxylic acids is 1. The Morgan fingerprint density at radius 3 is 2.85 bits per heavy atom. The fourth-order valence-corrected chi connectivity index (χ4v) is 1.67. The Bertz CT molecular complexity index is 609. The Kier molecular flexibility index (Phi) is 4.19. The van der Waals surface area contributed by atoms with Gasteiger partial charge in [-0.05, 0) is 19.1 Å². The number of esters is 1. The second kappa shape index (κ2) is 6.05. The van der Waals surface area contributed by atoms with Gasteiger partial charge in [-0.2, -0.15) is 0 Å². The highest BCUT2D eigenvalue weighted by Crippen LogP contribution is 2.19. The van der Waals surface area contributed by atoms with Crippen molar-refractivity contribution < 1.29 is 14.3 Å². The lowest BCUT2D eigenvalue weighted by molar-refractivity contribution is 0.0467. The number of aryl methyl sites for hydroxylation is 1. The van der Waals surface area contributed by atoms with Crippen LogP contribution in [-0.4, -0.2) is 27.6 Å². The van der Waals surface area contributed by atoms with E-state index >= 15 is 0 Å². The molecule has 0 spiro atoms. The van der Waals surface area contributed by atoms with Crippen LogP contribution < -0.4 is 10.5 Å². The van der Waals surface area contributed by atoms with Crippen LogP contribution >= 0.6 is 0 Å². The zero-order valence-corrected chi connectivity index (χ0v) is 11.4. The lowest BCUT2D eigenvalue weighted by Crippen LogP contribution is -2.07. The minimum Gasteiger partial charge on any atom is -0.494 e. The molecule has 2 rings (SSSR count). The van der Waals surface area contributed by atoms with Gasteiger partial charge in [-0.1, -0.05) is 5.21 Å². The first-order valence-corrected chi connectivity index (χ1v) is 6.14. The van der Waals surface area contributed by atoms with Crippen molar-refractivity contribution in [3.05, 3.63) is 35.7 Å². The molecule has 1 heterocycles. The van der Waals surface area contributed by atoms with E-state index in [1.807, 2.05) is 6.92 Å². The van der Waals surface area contributed by atoms with Gasteiger partial charge in [0.2, 0.25) is 0 Å². The summed E-state index contributed by atoms with van der Waals surface area (Å²) >= 11 is 0. The molecule has 0 bridgehead atoms. The molecule has 1 aromatic heterocycles. The zero-order valence-electron chi connectivity index (χ0n) is 11.4. The molecule has 0 radical (unpaired) electrons. The van der Waals surface area contributed by atoms with Gasteiger partial charge in [-0.25, -0.2) is 4.79 Å². The average molecular weight is 276 g/mol. The summed E-state index contributed by atoms with van der Waals surface area (Å²) in [6, 6.07) is 4.79. The second-order valence-electron chi connectivity index (χ2n) is 4.18. The topological polar surface area (TPSA) is 92.3 Å². The van der Waals surface area contributed by atoms with Gasteiger partial charge >= 0.3 is 5.97 Å². The van der Waals surface area contributed by atoms with Gasteiger partial charge in [0, 0.05) is 18.8 Å². The maximum atomic E-state index is 11.9. The van der Waals surface area contributed by atoms with E-state index in [0.717, 1.165) is 0 Å². The van der Waals surface area contributed by atoms with Gasteiger partial charge in [-0.15, -0.1) is 5.10 Å². The maximum Gasteiger partial charge on any atom is 0.338 e. The highest BCUT2D eigenvalue weighted by Gasteiger charge is 2.11. The lowest BCUT2D eigenvalue weighted by atomic mass is 10.2. The fraction of sp³-hybridized carbons (Fsp3) is 0.308. The van der Waals surface area contributed by atoms with Crippen molar-refractivity contribution >= 4 is 11.7 Å². The molecule has 20 heavy (non-hydrogen) atoms. The van der Waals surface area contributed by atoms with E-state index in [1.165, 1.54) is 4.68 Å². The number of nitrogens with two attached hydrogens (primary N) is 1. The predicted octanol–water partition coefficient (Wildman–Crippen LogP) is 1.15. The molecule has 7 nitrogen and oxygen atoms in total. The van der Waals surface area contributed by atoms with E-state index in [4.69, 9.17) is 15.2 Å². The molecule has 0 unspecified atom stereocenters. The molecule has 106 valence electrons. The number of anilines is 1. The molecule has 0 aliphatic carbocycles. The predicted molar refractivity (Wildman–Crippen MR) is 72.1 cm³/mol. The van der Waals surface area contributed by atoms with Crippen LogP contribution in [0.3, 0.4) is 0 Å². The molecule has 0 fully saturated rings. The monoisotopic (exact) mass is 276 g/mol. The third-order valence-electron chi connectivity index (χ3n) is 2.48. The maximum absolute atomic E-state index is 11.9. The number of nitrogens with zero attached hydrogens (tertiary/aromatic N) is 3. The molecule has 2 aromatic rings. The Balaban J connectivity index is 2.04. The van der Waals surface area contributed by atoms with E-state index in [2.05, 4.69) is 10.3 Å². The Labute approximate surface area is 116 Å². The molecule has 0 amide bonds. The summed E-state index contributed by atoms with van der Waals surface area (Å²) in [4.78, 5) is 11.9. The SMILES string of the molecule is CCOc1cc(N)cc(C(=O)OCc2cn(C)nn2)c1. The first kappa shape index (κ1) is 13.9. The van der Waals surface area contributed by atoms with Crippen molar-refractivity contribution in [2.24, 2.45) is 7.05 Å². The third-order valence-corrected chi connectivity index (χ3v) is 2.48. The number of rotatable bonds is 5. The Morgan fingerprint density at radius 2 is 2.20 bits per heavy atom. The number of nitrogen functional groups attached to an aromatic ring is 1. The Morgan fingerprint density at radius 1 is 1.40 bits per heavy atom. The van der Waals surface area contributed by atoms with Crippen LogP contribution in [0.4, 0.5) is 5.69 Å². The van der Waals surface area contributed by atoms with Crippen molar-refractivity contribution in [2.75, 3.05) is 12.3 Å². The first-order chi connectivity index (χ1) is 9.58. The van der Waals surface area contributed by atoms with Crippen molar-refractivity contribution in [3.8, 4) is 5.75 Å². The highest BCUT2D eigenvalue weighted by molar-refractivity contribution is 5.91. The van der Waals surface area contributed by atoms with Gasteiger partial charge < -0.3 is 15.2 Å². The number of ether oxygens (including phenoxy) is 2. The molecule has 2 N–H and O–H groups in total. The van der Waals surface area contributed by atoms with Gasteiger partial charge in [0.15, 0.2) is 0 Å². The Hall–Kier alpha value is -2.57. The van der Waals surface area contributed by atoms with Crippen LogP contribution in [0.5, 0.6) is 5.75 Å². The van der Waals surface area contributed by atoms with Crippen LogP contribution in [0.15, 0.2) is 24.4 Å². The van der Waals surface area contributed by atoms with E-state index in [1.54, 1.807) is 31.4 Å². The van der Waals surface area contributed by atoms with Gasteiger partial charge in [0.1, 0.15) is 18.1 Å². The first-order valence-electron chi connectivity index (χ1n) is 6.14. The van der Waals surface area contributed by atoms with E-state index in [0.29, 0.717) is 29.3 Å². The minimum atomic E-state index is -0.482. The summed E-state index contributed by atoms with van der Waals surface area (Å²) in [6.07, 6.45) is 1.68. The number of carbonyl (C=O) groups is 1.